The number of halogens is 2. The van der Waals surface area contributed by atoms with E-state index in [0.29, 0.717) is 4.90 Å². The molecule has 0 fully saturated rings. The van der Waals surface area contributed by atoms with E-state index in [9.17, 15) is 38.1 Å². The zero-order valence-electron chi connectivity index (χ0n) is 17.3. The third-order valence-electron chi connectivity index (χ3n) is 4.27. The number of primary amides is 1. The van der Waals surface area contributed by atoms with Crippen LogP contribution < -0.4 is 21.3 Å². The second-order valence-electron chi connectivity index (χ2n) is 6.56. The van der Waals surface area contributed by atoms with Crippen molar-refractivity contribution in [3.05, 3.63) is 87.7 Å². The van der Waals surface area contributed by atoms with Crippen molar-refractivity contribution >= 4 is 41.2 Å². The van der Waals surface area contributed by atoms with Crippen LogP contribution in [0.1, 0.15) is 20.7 Å². The highest BCUT2D eigenvalue weighted by Crippen LogP contribution is 2.17. The number of carbonyl (C=O) groups is 4. The van der Waals surface area contributed by atoms with Gasteiger partial charge in [-0.2, -0.15) is 4.90 Å². The molecule has 178 valence electrons. The Morgan fingerprint density at radius 2 is 1.54 bits per heavy atom. The molecule has 6 amide bonds. The summed E-state index contributed by atoms with van der Waals surface area (Å²) in [5.74, 6) is -5.12. The van der Waals surface area contributed by atoms with Crippen molar-refractivity contribution in [2.45, 2.75) is 0 Å². The first-order valence-electron chi connectivity index (χ1n) is 9.35. The molecule has 0 aliphatic carbocycles. The lowest BCUT2D eigenvalue weighted by Crippen LogP contribution is -2.42. The lowest BCUT2D eigenvalue weighted by atomic mass is 10.2. The van der Waals surface area contributed by atoms with E-state index in [2.05, 4.69) is 15.3 Å². The van der Waals surface area contributed by atoms with Crippen molar-refractivity contribution in [1.29, 1.82) is 0 Å². The van der Waals surface area contributed by atoms with Gasteiger partial charge in [-0.15, -0.1) is 0 Å². The van der Waals surface area contributed by atoms with Gasteiger partial charge in [0.25, 0.3) is 11.8 Å². The summed E-state index contributed by atoms with van der Waals surface area (Å²) < 4.78 is 27.3. The predicted octanol–water partition coefficient (Wildman–Crippen LogP) is 2.35. The molecule has 13 nitrogen and oxygen atoms in total. The maximum Gasteiger partial charge on any atom is 0.328 e. The first-order chi connectivity index (χ1) is 16.6. The molecule has 4 N–H and O–H groups in total. The number of carbonyl (C=O) groups excluding carboxylic acids is 4. The lowest BCUT2D eigenvalue weighted by Gasteiger charge is -2.16. The molecular formula is C20H13F2N7O6. The number of amides is 6. The number of hydrogen-bond donors (Lipinski definition) is 3. The van der Waals surface area contributed by atoms with E-state index in [1.165, 1.54) is 24.3 Å². The third kappa shape index (κ3) is 5.54. The number of aromatic nitrogens is 2. The lowest BCUT2D eigenvalue weighted by molar-refractivity contribution is -0.385. The number of nitrogens with one attached hydrogen (secondary N) is 2. The molecule has 0 radical (unpaired) electrons. The Labute approximate surface area is 193 Å². The summed E-state index contributed by atoms with van der Waals surface area (Å²) in [5, 5.41) is 14.7. The number of rotatable bonds is 5. The quantitative estimate of drug-likeness (QED) is 0.362. The maximum absolute atomic E-state index is 13.7. The van der Waals surface area contributed by atoms with E-state index >= 15 is 0 Å². The minimum absolute atomic E-state index is 0.0677. The number of nitro groups is 1. The number of anilines is 2. The van der Waals surface area contributed by atoms with Crippen LogP contribution in [0.25, 0.3) is 0 Å². The van der Waals surface area contributed by atoms with Crippen LogP contribution >= 0.6 is 0 Å². The van der Waals surface area contributed by atoms with Crippen LogP contribution in [0, 0.1) is 21.7 Å². The molecule has 3 rings (SSSR count). The van der Waals surface area contributed by atoms with E-state index in [1.807, 2.05) is 0 Å². The Kier molecular flexibility index (Phi) is 6.99. The topological polar surface area (TPSA) is 191 Å². The molecule has 0 unspecified atom stereocenters. The van der Waals surface area contributed by atoms with Crippen LogP contribution in [-0.4, -0.2) is 38.8 Å². The fourth-order valence-electron chi connectivity index (χ4n) is 2.68. The predicted molar refractivity (Wildman–Crippen MR) is 114 cm³/mol. The highest BCUT2D eigenvalue weighted by atomic mass is 19.1. The number of hydrogen-bond acceptors (Lipinski definition) is 8. The summed E-state index contributed by atoms with van der Waals surface area (Å²) in [7, 11) is 0. The molecule has 15 heteroatoms. The molecule has 0 spiro atoms. The molecular weight excluding hydrogens is 472 g/mol. The van der Waals surface area contributed by atoms with Crippen molar-refractivity contribution in [3.63, 3.8) is 0 Å². The van der Waals surface area contributed by atoms with Gasteiger partial charge >= 0.3 is 17.7 Å². The Morgan fingerprint density at radius 1 is 0.971 bits per heavy atom. The molecule has 35 heavy (non-hydrogen) atoms. The molecule has 0 bridgehead atoms. The summed E-state index contributed by atoms with van der Waals surface area (Å²) in [6.45, 7) is 0. The zero-order valence-corrected chi connectivity index (χ0v) is 17.3. The fourth-order valence-corrected chi connectivity index (χ4v) is 2.68. The summed E-state index contributed by atoms with van der Waals surface area (Å²) in [4.78, 5) is 65.9. The summed E-state index contributed by atoms with van der Waals surface area (Å²) in [6.07, 6.45) is 1.57. The zero-order chi connectivity index (χ0) is 25.7. The molecule has 0 saturated heterocycles. The Hall–Kier alpha value is -5.34. The van der Waals surface area contributed by atoms with Gasteiger partial charge < -0.3 is 11.1 Å². The smallest absolute Gasteiger partial charge is 0.328 e. The highest BCUT2D eigenvalue weighted by molar-refractivity contribution is 6.19. The molecule has 0 saturated carbocycles. The summed E-state index contributed by atoms with van der Waals surface area (Å²) >= 11 is 0. The van der Waals surface area contributed by atoms with Gasteiger partial charge in [-0.05, 0) is 36.4 Å². The number of nitrogens with zero attached hydrogens (tertiary/aromatic N) is 4. The van der Waals surface area contributed by atoms with Crippen molar-refractivity contribution in [3.8, 4) is 0 Å². The number of urea groups is 2. The molecule has 1 heterocycles. The van der Waals surface area contributed by atoms with Gasteiger partial charge in [0.15, 0.2) is 0 Å². The largest absolute Gasteiger partial charge is 0.351 e. The van der Waals surface area contributed by atoms with Gasteiger partial charge in [0, 0.05) is 11.3 Å². The monoisotopic (exact) mass is 485 g/mol. The second kappa shape index (κ2) is 10.1. The maximum atomic E-state index is 13.7. The van der Waals surface area contributed by atoms with Crippen LogP contribution in [-0.2, 0) is 0 Å². The average Bonchev–Trinajstić information content (AvgIpc) is 2.79. The third-order valence-corrected chi connectivity index (χ3v) is 4.27. The fraction of sp³-hybridized carbons (Fsp3) is 0. The van der Waals surface area contributed by atoms with Crippen LogP contribution in [0.4, 0.5) is 35.7 Å². The van der Waals surface area contributed by atoms with Crippen molar-refractivity contribution in [2.75, 3.05) is 10.2 Å². The van der Waals surface area contributed by atoms with Gasteiger partial charge in [-0.1, -0.05) is 6.07 Å². The standard InChI is InChI=1S/C20H13F2N7O6/c21-13-2-1-3-14(22)15(13)16(30)27-20(33)26-11-6-4-10(5-7-11)17(31)28(18(23)32)19-24-8-12(9-25-19)29(34)35/h1-9H,(H2,23,32)(H2,26,27,30,33). The average molecular weight is 485 g/mol. The van der Waals surface area contributed by atoms with E-state index < -0.39 is 57.6 Å². The Bertz CT molecular complexity index is 1310. The summed E-state index contributed by atoms with van der Waals surface area (Å²) in [5.41, 5.74) is 3.76. The normalized spacial score (nSPS) is 10.2. The first-order valence-corrected chi connectivity index (χ1v) is 9.35. The van der Waals surface area contributed by atoms with E-state index in [1.54, 1.807) is 5.32 Å². The van der Waals surface area contributed by atoms with Crippen molar-refractivity contribution < 1.29 is 32.9 Å². The molecule has 3 aromatic rings. The van der Waals surface area contributed by atoms with Gasteiger partial charge in [0.2, 0.25) is 5.95 Å². The molecule has 0 aliphatic rings. The van der Waals surface area contributed by atoms with Gasteiger partial charge in [0.05, 0.1) is 4.92 Å². The number of nitrogens with two attached hydrogens (primary N) is 1. The number of imide groups is 2. The minimum atomic E-state index is -1.31. The van der Waals surface area contributed by atoms with Crippen molar-refractivity contribution in [2.24, 2.45) is 5.73 Å². The van der Waals surface area contributed by atoms with E-state index in [-0.39, 0.29) is 11.3 Å². The Morgan fingerprint density at radius 3 is 2.06 bits per heavy atom. The van der Waals surface area contributed by atoms with E-state index in [4.69, 9.17) is 5.73 Å². The van der Waals surface area contributed by atoms with Gasteiger partial charge in [0.1, 0.15) is 29.6 Å². The van der Waals surface area contributed by atoms with Gasteiger partial charge in [-0.3, -0.25) is 25.0 Å². The molecule has 1 aromatic heterocycles. The van der Waals surface area contributed by atoms with Crippen LogP contribution in [0.5, 0.6) is 0 Å². The second-order valence-corrected chi connectivity index (χ2v) is 6.56. The summed E-state index contributed by atoms with van der Waals surface area (Å²) in [6, 6.07) is 5.17. The molecule has 2 aromatic carbocycles. The van der Waals surface area contributed by atoms with Gasteiger partial charge in [-0.25, -0.2) is 28.3 Å². The molecule has 0 aliphatic heterocycles. The van der Waals surface area contributed by atoms with Crippen LogP contribution in [0.3, 0.4) is 0 Å². The highest BCUT2D eigenvalue weighted by Gasteiger charge is 2.26. The first kappa shape index (κ1) is 24.3. The number of benzene rings is 2. The SMILES string of the molecule is NC(=O)N(C(=O)c1ccc(NC(=O)NC(=O)c2c(F)cccc2F)cc1)c1ncc([N+](=O)[O-])cn1. The molecule has 0 atom stereocenters. The minimum Gasteiger partial charge on any atom is -0.351 e. The Balaban J connectivity index is 1.70. The van der Waals surface area contributed by atoms with Crippen molar-refractivity contribution in [1.82, 2.24) is 15.3 Å². The van der Waals surface area contributed by atoms with Crippen LogP contribution in [0.15, 0.2) is 54.9 Å². The van der Waals surface area contributed by atoms with Crippen LogP contribution in [0.2, 0.25) is 0 Å². The van der Waals surface area contributed by atoms with E-state index in [0.717, 1.165) is 30.6 Å².